The summed E-state index contributed by atoms with van der Waals surface area (Å²) in [5.74, 6) is -0.322. The van der Waals surface area contributed by atoms with Gasteiger partial charge in [0.2, 0.25) is 0 Å². The molecule has 106 valence electrons. The molecule has 0 aliphatic carbocycles. The molecule has 0 saturated carbocycles. The van der Waals surface area contributed by atoms with Crippen molar-refractivity contribution in [1.29, 1.82) is 0 Å². The number of halogens is 1. The second kappa shape index (κ2) is 6.78. The van der Waals surface area contributed by atoms with Gasteiger partial charge in [-0.15, -0.1) is 0 Å². The molecular formula is C15H17IN2O2. The van der Waals surface area contributed by atoms with Crippen molar-refractivity contribution in [2.45, 2.75) is 13.0 Å². The Morgan fingerprint density at radius 3 is 2.40 bits per heavy atom. The average Bonchev–Trinajstić information content (AvgIpc) is 2.45. The second-order valence-electron chi connectivity index (χ2n) is 4.43. The Labute approximate surface area is 126 Å². The minimum atomic E-state index is -0.981. The predicted molar refractivity (Wildman–Crippen MR) is 86.6 cm³/mol. The van der Waals surface area contributed by atoms with Crippen LogP contribution in [-0.2, 0) is 9.53 Å². The quantitative estimate of drug-likeness (QED) is 0.462. The van der Waals surface area contributed by atoms with Gasteiger partial charge in [0.25, 0.3) is 0 Å². The summed E-state index contributed by atoms with van der Waals surface area (Å²) in [7, 11) is 0. The first-order valence-electron chi connectivity index (χ1n) is 6.11. The summed E-state index contributed by atoms with van der Waals surface area (Å²) in [6.45, 7) is 1.41. The molecule has 1 unspecified atom stereocenters. The molecule has 0 amide bonds. The number of benzene rings is 1. The van der Waals surface area contributed by atoms with E-state index in [2.05, 4.69) is 32.0 Å². The molecule has 1 aromatic heterocycles. The molecule has 0 aliphatic rings. The van der Waals surface area contributed by atoms with Crippen LogP contribution >= 0.6 is 19.8 Å². The molecule has 0 spiro atoms. The summed E-state index contributed by atoms with van der Waals surface area (Å²) < 4.78 is 6.81. The number of nitrogens with zero attached hydrogens (tertiary/aromatic N) is 2. The molecule has 1 aromatic carbocycles. The molecule has 0 radical (unpaired) electrons. The van der Waals surface area contributed by atoms with E-state index in [1.165, 1.54) is 16.8 Å². The SMILES string of the molecule is CC(=O)OC(c1ccc(I(C)C)cc1)c1ccncn1. The van der Waals surface area contributed by atoms with Crippen molar-refractivity contribution < 1.29 is 9.53 Å². The predicted octanol–water partition coefficient (Wildman–Crippen LogP) is 3.06. The molecule has 1 atom stereocenters. The van der Waals surface area contributed by atoms with E-state index in [9.17, 15) is 4.79 Å². The number of carbonyl (C=O) groups excluding carboxylic acids is 1. The van der Waals surface area contributed by atoms with Gasteiger partial charge < -0.3 is 0 Å². The molecule has 0 N–H and O–H groups in total. The van der Waals surface area contributed by atoms with Crippen molar-refractivity contribution in [3.8, 4) is 0 Å². The molecule has 1 heterocycles. The van der Waals surface area contributed by atoms with Crippen LogP contribution in [0, 0.1) is 3.57 Å². The Morgan fingerprint density at radius 1 is 1.20 bits per heavy atom. The Morgan fingerprint density at radius 2 is 1.90 bits per heavy atom. The van der Waals surface area contributed by atoms with Gasteiger partial charge in [-0.2, -0.15) is 0 Å². The van der Waals surface area contributed by atoms with Gasteiger partial charge in [0.1, 0.15) is 0 Å². The van der Waals surface area contributed by atoms with Crippen LogP contribution in [-0.4, -0.2) is 25.8 Å². The third kappa shape index (κ3) is 3.75. The van der Waals surface area contributed by atoms with Crippen LogP contribution in [0.2, 0.25) is 0 Å². The molecule has 20 heavy (non-hydrogen) atoms. The van der Waals surface area contributed by atoms with Gasteiger partial charge in [-0.1, -0.05) is 0 Å². The number of rotatable bonds is 4. The molecule has 0 fully saturated rings. The third-order valence-electron chi connectivity index (χ3n) is 2.77. The van der Waals surface area contributed by atoms with E-state index in [4.69, 9.17) is 4.74 Å². The molecule has 0 saturated heterocycles. The zero-order valence-electron chi connectivity index (χ0n) is 11.7. The van der Waals surface area contributed by atoms with Crippen LogP contribution in [0.4, 0.5) is 0 Å². The zero-order valence-corrected chi connectivity index (χ0v) is 13.9. The van der Waals surface area contributed by atoms with Crippen molar-refractivity contribution in [2.24, 2.45) is 0 Å². The molecule has 2 rings (SSSR count). The van der Waals surface area contributed by atoms with Crippen LogP contribution in [0.15, 0.2) is 42.9 Å². The van der Waals surface area contributed by atoms with Gasteiger partial charge in [0, 0.05) is 0 Å². The first-order chi connectivity index (χ1) is 9.58. The second-order valence-corrected chi connectivity index (χ2v) is 9.99. The molecule has 0 aliphatic heterocycles. The van der Waals surface area contributed by atoms with Gasteiger partial charge in [-0.25, -0.2) is 0 Å². The van der Waals surface area contributed by atoms with E-state index >= 15 is 0 Å². The van der Waals surface area contributed by atoms with Gasteiger partial charge in [0.05, 0.1) is 0 Å². The standard InChI is InChI=1S/C15H17IN2O2/c1-11(19)20-15(14-8-9-17-10-18-14)12-4-6-13(7-5-12)16(2)3/h4-10,15H,1-3H3. The first kappa shape index (κ1) is 14.9. The number of alkyl halides is 2. The number of hydrogen-bond donors (Lipinski definition) is 0. The van der Waals surface area contributed by atoms with Gasteiger partial charge in [0.15, 0.2) is 0 Å². The van der Waals surface area contributed by atoms with Crippen LogP contribution in [0.3, 0.4) is 0 Å². The third-order valence-corrected chi connectivity index (χ3v) is 5.98. The van der Waals surface area contributed by atoms with Crippen molar-refractivity contribution in [1.82, 2.24) is 9.97 Å². The monoisotopic (exact) mass is 384 g/mol. The fraction of sp³-hybridized carbons (Fsp3) is 0.267. The van der Waals surface area contributed by atoms with Crippen molar-refractivity contribution in [2.75, 3.05) is 9.86 Å². The Kier molecular flexibility index (Phi) is 5.05. The number of ether oxygens (including phenoxy) is 1. The van der Waals surface area contributed by atoms with Crippen LogP contribution in [0.25, 0.3) is 0 Å². The van der Waals surface area contributed by atoms with E-state index in [0.29, 0.717) is 5.69 Å². The summed E-state index contributed by atoms with van der Waals surface area (Å²) >= 11 is -0.981. The van der Waals surface area contributed by atoms with Crippen LogP contribution in [0.1, 0.15) is 24.3 Å². The summed E-state index contributed by atoms with van der Waals surface area (Å²) in [5.41, 5.74) is 1.62. The average molecular weight is 384 g/mol. The topological polar surface area (TPSA) is 52.1 Å². The van der Waals surface area contributed by atoms with E-state index in [1.54, 1.807) is 12.3 Å². The Hall–Kier alpha value is -1.50. The molecule has 5 heteroatoms. The number of esters is 1. The number of carbonyl (C=O) groups is 1. The normalized spacial score (nSPS) is 12.7. The molecular weight excluding hydrogens is 367 g/mol. The first-order valence-corrected chi connectivity index (χ1v) is 11.5. The van der Waals surface area contributed by atoms with E-state index in [0.717, 1.165) is 5.56 Å². The minimum absolute atomic E-state index is 0.322. The molecule has 2 aromatic rings. The zero-order chi connectivity index (χ0) is 14.5. The van der Waals surface area contributed by atoms with Gasteiger partial charge in [-0.05, 0) is 0 Å². The molecule has 0 bridgehead atoms. The number of aromatic nitrogens is 2. The van der Waals surface area contributed by atoms with Crippen molar-refractivity contribution in [3.05, 3.63) is 57.7 Å². The van der Waals surface area contributed by atoms with Gasteiger partial charge in [-0.3, -0.25) is 0 Å². The van der Waals surface area contributed by atoms with Crippen LogP contribution < -0.4 is 0 Å². The summed E-state index contributed by atoms with van der Waals surface area (Å²) in [6, 6.07) is 10.0. The van der Waals surface area contributed by atoms with Crippen molar-refractivity contribution in [3.63, 3.8) is 0 Å². The Bertz CT molecular complexity index is 570. The molecule has 4 nitrogen and oxygen atoms in total. The fourth-order valence-electron chi connectivity index (χ4n) is 1.81. The fourth-order valence-corrected chi connectivity index (χ4v) is 3.61. The van der Waals surface area contributed by atoms with Crippen molar-refractivity contribution >= 4 is 25.8 Å². The van der Waals surface area contributed by atoms with Gasteiger partial charge >= 0.3 is 126 Å². The summed E-state index contributed by atoms with van der Waals surface area (Å²) in [4.78, 5) is 24.0. The maximum absolute atomic E-state index is 11.3. The maximum atomic E-state index is 11.3. The summed E-state index contributed by atoms with van der Waals surface area (Å²) in [6.07, 6.45) is 2.64. The Balaban J connectivity index is 2.34. The number of hydrogen-bond acceptors (Lipinski definition) is 4. The van der Waals surface area contributed by atoms with E-state index in [1.807, 2.05) is 12.1 Å². The van der Waals surface area contributed by atoms with E-state index in [-0.39, 0.29) is 5.97 Å². The van der Waals surface area contributed by atoms with Crippen LogP contribution in [0.5, 0.6) is 0 Å². The summed E-state index contributed by atoms with van der Waals surface area (Å²) in [5, 5.41) is 0. The van der Waals surface area contributed by atoms with E-state index < -0.39 is 25.9 Å².